The van der Waals surface area contributed by atoms with E-state index >= 15 is 0 Å². The monoisotopic (exact) mass is 367 g/mol. The number of piperazine rings is 1. The average molecular weight is 368 g/mol. The molecule has 2 aliphatic rings. The average Bonchev–Trinajstić information content (AvgIpc) is 2.91. The molecule has 7 heteroatoms. The molecule has 0 saturated carbocycles. The fraction of sp³-hybridized carbons (Fsp3) is 0.556. The number of rotatable bonds is 4. The molecule has 1 aromatic carbocycles. The van der Waals surface area contributed by atoms with Gasteiger partial charge in [0.15, 0.2) is 0 Å². The molecule has 138 valence electrons. The zero-order chi connectivity index (χ0) is 17.1. The van der Waals surface area contributed by atoms with Crippen LogP contribution in [0.5, 0.6) is 5.75 Å². The van der Waals surface area contributed by atoms with E-state index in [0.29, 0.717) is 6.61 Å². The van der Waals surface area contributed by atoms with E-state index < -0.39 is 0 Å². The fourth-order valence-electron chi connectivity index (χ4n) is 3.53. The number of carbonyl (C=O) groups excluding carboxylic acids is 2. The molecule has 2 heterocycles. The standard InChI is InChI=1S/C18H25N3O3.ClH/c1-3-24-15-6-4-14(5-7-15)21-13(2)16(12-17(21)22)18(23)20-10-8-19-9-11-20;/h4-7,13,16,19H,3,8-12H2,1-2H3;1H/t13-,16-;/m1./s1. The molecule has 0 spiro atoms. The largest absolute Gasteiger partial charge is 0.494 e. The van der Waals surface area contributed by atoms with Gasteiger partial charge in [-0.1, -0.05) is 0 Å². The highest BCUT2D eigenvalue weighted by molar-refractivity contribution is 6.01. The molecule has 0 bridgehead atoms. The summed E-state index contributed by atoms with van der Waals surface area (Å²) in [6, 6.07) is 7.38. The minimum Gasteiger partial charge on any atom is -0.494 e. The lowest BCUT2D eigenvalue weighted by atomic mass is 9.99. The number of nitrogens with zero attached hydrogens (tertiary/aromatic N) is 2. The van der Waals surface area contributed by atoms with E-state index in [2.05, 4.69) is 5.32 Å². The first-order valence-corrected chi connectivity index (χ1v) is 8.66. The Hall–Kier alpha value is -1.79. The first-order valence-electron chi connectivity index (χ1n) is 8.66. The summed E-state index contributed by atoms with van der Waals surface area (Å²) in [6.07, 6.45) is 0.289. The summed E-state index contributed by atoms with van der Waals surface area (Å²) in [5.74, 6) is 0.641. The van der Waals surface area contributed by atoms with E-state index in [1.54, 1.807) is 4.90 Å². The number of carbonyl (C=O) groups is 2. The van der Waals surface area contributed by atoms with Crippen LogP contribution in [0.2, 0.25) is 0 Å². The second-order valence-corrected chi connectivity index (χ2v) is 6.32. The molecule has 2 fully saturated rings. The maximum absolute atomic E-state index is 12.8. The van der Waals surface area contributed by atoms with Gasteiger partial charge in [-0.15, -0.1) is 12.4 Å². The van der Waals surface area contributed by atoms with Crippen LogP contribution in [-0.4, -0.2) is 55.5 Å². The Morgan fingerprint density at radius 3 is 2.48 bits per heavy atom. The third kappa shape index (κ3) is 4.07. The van der Waals surface area contributed by atoms with Gasteiger partial charge in [-0.05, 0) is 38.1 Å². The van der Waals surface area contributed by atoms with Gasteiger partial charge in [0, 0.05) is 44.3 Å². The molecule has 0 unspecified atom stereocenters. The maximum Gasteiger partial charge on any atom is 0.228 e. The Kier molecular flexibility index (Phi) is 6.67. The summed E-state index contributed by atoms with van der Waals surface area (Å²) in [7, 11) is 0. The number of hydrogen-bond acceptors (Lipinski definition) is 4. The number of ether oxygens (including phenoxy) is 1. The van der Waals surface area contributed by atoms with Crippen molar-refractivity contribution in [2.75, 3.05) is 37.7 Å². The van der Waals surface area contributed by atoms with Gasteiger partial charge in [-0.2, -0.15) is 0 Å². The molecule has 6 nitrogen and oxygen atoms in total. The first kappa shape index (κ1) is 19.5. The summed E-state index contributed by atoms with van der Waals surface area (Å²) in [5.41, 5.74) is 0.826. The van der Waals surface area contributed by atoms with Gasteiger partial charge < -0.3 is 19.9 Å². The molecule has 0 radical (unpaired) electrons. The van der Waals surface area contributed by atoms with Crippen molar-refractivity contribution in [3.63, 3.8) is 0 Å². The maximum atomic E-state index is 12.8. The van der Waals surface area contributed by atoms with Crippen molar-refractivity contribution in [2.24, 2.45) is 5.92 Å². The molecular formula is C18H26ClN3O3. The van der Waals surface area contributed by atoms with Gasteiger partial charge in [0.25, 0.3) is 0 Å². The van der Waals surface area contributed by atoms with Crippen LogP contribution in [0.1, 0.15) is 20.3 Å². The summed E-state index contributed by atoms with van der Waals surface area (Å²) in [4.78, 5) is 28.9. The van der Waals surface area contributed by atoms with Crippen LogP contribution >= 0.6 is 12.4 Å². The lowest BCUT2D eigenvalue weighted by Gasteiger charge is -2.31. The fourth-order valence-corrected chi connectivity index (χ4v) is 3.53. The van der Waals surface area contributed by atoms with Crippen molar-refractivity contribution in [3.8, 4) is 5.75 Å². The highest BCUT2D eigenvalue weighted by Crippen LogP contribution is 2.33. The molecular weight excluding hydrogens is 342 g/mol. The van der Waals surface area contributed by atoms with Crippen molar-refractivity contribution in [1.29, 1.82) is 0 Å². The van der Waals surface area contributed by atoms with Crippen LogP contribution in [0.15, 0.2) is 24.3 Å². The molecule has 1 N–H and O–H groups in total. The van der Waals surface area contributed by atoms with Crippen molar-refractivity contribution >= 4 is 29.9 Å². The molecule has 0 aromatic heterocycles. The molecule has 2 aliphatic heterocycles. The van der Waals surface area contributed by atoms with Crippen LogP contribution in [0.4, 0.5) is 5.69 Å². The van der Waals surface area contributed by atoms with Crippen molar-refractivity contribution in [1.82, 2.24) is 10.2 Å². The van der Waals surface area contributed by atoms with E-state index in [4.69, 9.17) is 4.74 Å². The Balaban J connectivity index is 0.00000225. The number of amides is 2. The minimum absolute atomic E-state index is 0. The molecule has 25 heavy (non-hydrogen) atoms. The van der Waals surface area contributed by atoms with Crippen LogP contribution in [0.25, 0.3) is 0 Å². The lowest BCUT2D eigenvalue weighted by Crippen LogP contribution is -2.50. The van der Waals surface area contributed by atoms with Crippen LogP contribution < -0.4 is 15.0 Å². The van der Waals surface area contributed by atoms with Gasteiger partial charge >= 0.3 is 0 Å². The van der Waals surface area contributed by atoms with Crippen LogP contribution in [0, 0.1) is 5.92 Å². The molecule has 3 rings (SSSR count). The van der Waals surface area contributed by atoms with Crippen molar-refractivity contribution < 1.29 is 14.3 Å². The van der Waals surface area contributed by atoms with Crippen LogP contribution in [-0.2, 0) is 9.59 Å². The number of hydrogen-bond donors (Lipinski definition) is 1. The third-order valence-corrected chi connectivity index (χ3v) is 4.82. The zero-order valence-corrected chi connectivity index (χ0v) is 15.6. The predicted octanol–water partition coefficient (Wildman–Crippen LogP) is 1.68. The Bertz CT molecular complexity index is 602. The smallest absolute Gasteiger partial charge is 0.228 e. The molecule has 2 amide bonds. The summed E-state index contributed by atoms with van der Waals surface area (Å²) in [5, 5.41) is 3.25. The SMILES string of the molecule is CCOc1ccc(N2C(=O)C[C@@H](C(=O)N3CCNCC3)[C@H]2C)cc1.Cl. The Morgan fingerprint density at radius 2 is 1.88 bits per heavy atom. The second kappa shape index (κ2) is 8.54. The van der Waals surface area contributed by atoms with Gasteiger partial charge in [0.05, 0.1) is 12.5 Å². The van der Waals surface area contributed by atoms with E-state index in [1.165, 1.54) is 0 Å². The second-order valence-electron chi connectivity index (χ2n) is 6.32. The Labute approximate surface area is 154 Å². The lowest BCUT2D eigenvalue weighted by molar-refractivity contribution is -0.136. The highest BCUT2D eigenvalue weighted by Gasteiger charge is 2.43. The number of nitrogens with one attached hydrogen (secondary N) is 1. The molecule has 1 aromatic rings. The summed E-state index contributed by atoms with van der Waals surface area (Å²) < 4.78 is 5.45. The quantitative estimate of drug-likeness (QED) is 0.879. The molecule has 0 aliphatic carbocycles. The third-order valence-electron chi connectivity index (χ3n) is 4.82. The van der Waals surface area contributed by atoms with E-state index in [1.807, 2.05) is 43.0 Å². The van der Waals surface area contributed by atoms with Gasteiger partial charge in [0.1, 0.15) is 5.75 Å². The summed E-state index contributed by atoms with van der Waals surface area (Å²) >= 11 is 0. The van der Waals surface area contributed by atoms with Gasteiger partial charge in [-0.25, -0.2) is 0 Å². The van der Waals surface area contributed by atoms with Crippen LogP contribution in [0.3, 0.4) is 0 Å². The zero-order valence-electron chi connectivity index (χ0n) is 14.7. The number of anilines is 1. The first-order chi connectivity index (χ1) is 11.6. The van der Waals surface area contributed by atoms with Gasteiger partial charge in [0.2, 0.25) is 11.8 Å². The molecule has 2 atom stereocenters. The van der Waals surface area contributed by atoms with Crippen molar-refractivity contribution in [3.05, 3.63) is 24.3 Å². The van der Waals surface area contributed by atoms with E-state index in [0.717, 1.165) is 37.6 Å². The Morgan fingerprint density at radius 1 is 1.24 bits per heavy atom. The molecule has 2 saturated heterocycles. The highest BCUT2D eigenvalue weighted by atomic mass is 35.5. The van der Waals surface area contributed by atoms with E-state index in [-0.39, 0.29) is 42.6 Å². The topological polar surface area (TPSA) is 61.9 Å². The number of halogens is 1. The number of benzene rings is 1. The normalized spacial score (nSPS) is 23.4. The van der Waals surface area contributed by atoms with Gasteiger partial charge in [-0.3, -0.25) is 9.59 Å². The minimum atomic E-state index is -0.262. The van der Waals surface area contributed by atoms with E-state index in [9.17, 15) is 9.59 Å². The predicted molar refractivity (Wildman–Crippen MR) is 99.4 cm³/mol. The van der Waals surface area contributed by atoms with Crippen molar-refractivity contribution in [2.45, 2.75) is 26.3 Å². The summed E-state index contributed by atoms with van der Waals surface area (Å²) in [6.45, 7) is 7.60.